The minimum absolute atomic E-state index is 0.00884. The molecule has 0 bridgehead atoms. The van der Waals surface area contributed by atoms with Gasteiger partial charge in [-0.2, -0.15) is 5.10 Å². The highest BCUT2D eigenvalue weighted by atomic mass is 32.2. The van der Waals surface area contributed by atoms with Crippen LogP contribution in [0.5, 0.6) is 0 Å². The SMILES string of the molecule is CC(=O)SCCC(O)C(O)c1ccccc1-c1ccn[nH]1. The number of rotatable bonds is 6. The van der Waals surface area contributed by atoms with Crippen LogP contribution in [-0.4, -0.2) is 37.4 Å². The van der Waals surface area contributed by atoms with Crippen LogP contribution in [0.2, 0.25) is 0 Å². The molecule has 1 aromatic carbocycles. The Morgan fingerprint density at radius 3 is 2.76 bits per heavy atom. The number of aliphatic hydroxyl groups excluding tert-OH is 2. The van der Waals surface area contributed by atoms with Crippen molar-refractivity contribution in [2.24, 2.45) is 0 Å². The summed E-state index contributed by atoms with van der Waals surface area (Å²) in [6.07, 6.45) is 0.0687. The van der Waals surface area contributed by atoms with E-state index in [1.165, 1.54) is 6.92 Å². The van der Waals surface area contributed by atoms with Gasteiger partial charge < -0.3 is 10.2 Å². The standard InChI is InChI=1S/C15H18N2O3S/c1-10(18)21-9-7-14(19)15(20)12-5-3-2-4-11(12)13-6-8-16-17-13/h2-6,8,14-15,19-20H,7,9H2,1H3,(H,16,17). The van der Waals surface area contributed by atoms with E-state index in [1.54, 1.807) is 12.3 Å². The fraction of sp³-hybridized carbons (Fsp3) is 0.333. The minimum Gasteiger partial charge on any atom is -0.390 e. The number of hydrogen-bond acceptors (Lipinski definition) is 5. The van der Waals surface area contributed by atoms with Crippen molar-refractivity contribution in [2.45, 2.75) is 25.6 Å². The smallest absolute Gasteiger partial charge is 0.185 e. The minimum atomic E-state index is -1.00. The molecule has 112 valence electrons. The topological polar surface area (TPSA) is 86.2 Å². The van der Waals surface area contributed by atoms with Crippen molar-refractivity contribution in [2.75, 3.05) is 5.75 Å². The van der Waals surface area contributed by atoms with Crippen molar-refractivity contribution in [1.82, 2.24) is 10.2 Å². The first kappa shape index (κ1) is 15.8. The Kier molecular flexibility index (Phi) is 5.55. The highest BCUT2D eigenvalue weighted by molar-refractivity contribution is 8.13. The Morgan fingerprint density at radius 1 is 1.33 bits per heavy atom. The molecule has 1 aromatic heterocycles. The van der Waals surface area contributed by atoms with Crippen LogP contribution < -0.4 is 0 Å². The van der Waals surface area contributed by atoms with Gasteiger partial charge in [-0.15, -0.1) is 0 Å². The fourth-order valence-electron chi connectivity index (χ4n) is 2.09. The maximum Gasteiger partial charge on any atom is 0.185 e. The predicted molar refractivity (Wildman–Crippen MR) is 82.7 cm³/mol. The van der Waals surface area contributed by atoms with Gasteiger partial charge in [-0.25, -0.2) is 0 Å². The van der Waals surface area contributed by atoms with Crippen LogP contribution in [0, 0.1) is 0 Å². The molecular weight excluding hydrogens is 288 g/mol. The van der Waals surface area contributed by atoms with Gasteiger partial charge in [0.15, 0.2) is 5.12 Å². The Balaban J connectivity index is 2.12. The fourth-order valence-corrected chi connectivity index (χ4v) is 2.74. The maximum absolute atomic E-state index is 10.9. The molecule has 21 heavy (non-hydrogen) atoms. The lowest BCUT2D eigenvalue weighted by Gasteiger charge is -2.20. The van der Waals surface area contributed by atoms with E-state index in [0.29, 0.717) is 17.7 Å². The van der Waals surface area contributed by atoms with E-state index in [1.807, 2.05) is 24.3 Å². The molecule has 2 aromatic rings. The third kappa shape index (κ3) is 4.17. The first-order valence-electron chi connectivity index (χ1n) is 6.67. The predicted octanol–water partition coefficient (Wildman–Crippen LogP) is 2.14. The molecule has 5 nitrogen and oxygen atoms in total. The number of aromatic amines is 1. The average Bonchev–Trinajstić information content (AvgIpc) is 3.00. The number of nitrogens with one attached hydrogen (secondary N) is 1. The second kappa shape index (κ2) is 7.40. The highest BCUT2D eigenvalue weighted by Crippen LogP contribution is 2.29. The number of benzene rings is 1. The Labute approximate surface area is 127 Å². The molecule has 0 radical (unpaired) electrons. The molecule has 2 atom stereocenters. The van der Waals surface area contributed by atoms with E-state index in [2.05, 4.69) is 10.2 Å². The number of thioether (sulfide) groups is 1. The third-order valence-electron chi connectivity index (χ3n) is 3.15. The molecule has 0 saturated carbocycles. The van der Waals surface area contributed by atoms with Crippen molar-refractivity contribution in [3.8, 4) is 11.3 Å². The van der Waals surface area contributed by atoms with Crippen LogP contribution in [0.15, 0.2) is 36.5 Å². The van der Waals surface area contributed by atoms with E-state index < -0.39 is 12.2 Å². The number of nitrogens with zero attached hydrogens (tertiary/aromatic N) is 1. The molecule has 1 heterocycles. The maximum atomic E-state index is 10.9. The number of aliphatic hydroxyl groups is 2. The summed E-state index contributed by atoms with van der Waals surface area (Å²) in [7, 11) is 0. The summed E-state index contributed by atoms with van der Waals surface area (Å²) in [6.45, 7) is 1.49. The second-order valence-electron chi connectivity index (χ2n) is 4.70. The van der Waals surface area contributed by atoms with Gasteiger partial charge in [0.2, 0.25) is 0 Å². The molecule has 2 unspecified atom stereocenters. The summed E-state index contributed by atoms with van der Waals surface area (Å²) in [6, 6.07) is 9.13. The number of hydrogen-bond donors (Lipinski definition) is 3. The van der Waals surface area contributed by atoms with Crippen LogP contribution >= 0.6 is 11.8 Å². The quantitative estimate of drug-likeness (QED) is 0.761. The van der Waals surface area contributed by atoms with Crippen molar-refractivity contribution >= 4 is 16.9 Å². The lowest BCUT2D eigenvalue weighted by atomic mass is 9.96. The molecule has 3 N–H and O–H groups in total. The second-order valence-corrected chi connectivity index (χ2v) is 5.97. The van der Waals surface area contributed by atoms with Gasteiger partial charge in [-0.1, -0.05) is 36.0 Å². The van der Waals surface area contributed by atoms with Gasteiger partial charge in [0.05, 0.1) is 11.8 Å². The molecule has 0 amide bonds. The summed E-state index contributed by atoms with van der Waals surface area (Å²) < 4.78 is 0. The van der Waals surface area contributed by atoms with Gasteiger partial charge in [0, 0.05) is 24.4 Å². The van der Waals surface area contributed by atoms with E-state index in [0.717, 1.165) is 23.0 Å². The Morgan fingerprint density at radius 2 is 2.10 bits per heavy atom. The zero-order valence-corrected chi connectivity index (χ0v) is 12.5. The largest absolute Gasteiger partial charge is 0.390 e. The molecule has 0 saturated heterocycles. The van der Waals surface area contributed by atoms with Gasteiger partial charge >= 0.3 is 0 Å². The normalized spacial score (nSPS) is 13.9. The van der Waals surface area contributed by atoms with Gasteiger partial charge in [0.1, 0.15) is 6.10 Å². The molecular formula is C15H18N2O3S. The van der Waals surface area contributed by atoms with Crippen LogP contribution in [0.25, 0.3) is 11.3 Å². The zero-order valence-electron chi connectivity index (χ0n) is 11.7. The van der Waals surface area contributed by atoms with E-state index in [-0.39, 0.29) is 5.12 Å². The number of carbonyl (C=O) groups is 1. The molecule has 0 fully saturated rings. The molecule has 0 aliphatic heterocycles. The van der Waals surface area contributed by atoms with Gasteiger partial charge in [0.25, 0.3) is 0 Å². The molecule has 0 aliphatic carbocycles. The van der Waals surface area contributed by atoms with E-state index >= 15 is 0 Å². The lowest BCUT2D eigenvalue weighted by Crippen LogP contribution is -2.20. The summed E-state index contributed by atoms with van der Waals surface area (Å²) in [5.41, 5.74) is 2.23. The van der Waals surface area contributed by atoms with Crippen molar-refractivity contribution in [3.05, 3.63) is 42.1 Å². The first-order valence-corrected chi connectivity index (χ1v) is 7.66. The first-order chi connectivity index (χ1) is 10.1. The Hall–Kier alpha value is -1.63. The monoisotopic (exact) mass is 306 g/mol. The third-order valence-corrected chi connectivity index (χ3v) is 4.00. The van der Waals surface area contributed by atoms with Gasteiger partial charge in [-0.3, -0.25) is 9.89 Å². The van der Waals surface area contributed by atoms with Crippen LogP contribution in [0.4, 0.5) is 0 Å². The molecule has 2 rings (SSSR count). The average molecular weight is 306 g/mol. The number of aromatic nitrogens is 2. The van der Waals surface area contributed by atoms with Crippen LogP contribution in [-0.2, 0) is 4.79 Å². The molecule has 0 spiro atoms. The van der Waals surface area contributed by atoms with E-state index in [9.17, 15) is 15.0 Å². The van der Waals surface area contributed by atoms with Crippen LogP contribution in [0.3, 0.4) is 0 Å². The van der Waals surface area contributed by atoms with E-state index in [4.69, 9.17) is 0 Å². The Bertz CT molecular complexity index is 586. The van der Waals surface area contributed by atoms with Crippen molar-refractivity contribution in [3.63, 3.8) is 0 Å². The number of H-pyrrole nitrogens is 1. The summed E-state index contributed by atoms with van der Waals surface area (Å²) in [4.78, 5) is 10.9. The highest BCUT2D eigenvalue weighted by Gasteiger charge is 2.21. The lowest BCUT2D eigenvalue weighted by molar-refractivity contribution is -0.109. The van der Waals surface area contributed by atoms with Crippen molar-refractivity contribution < 1.29 is 15.0 Å². The van der Waals surface area contributed by atoms with Crippen molar-refractivity contribution in [1.29, 1.82) is 0 Å². The zero-order chi connectivity index (χ0) is 15.2. The molecule has 0 aliphatic rings. The van der Waals surface area contributed by atoms with Crippen LogP contribution in [0.1, 0.15) is 25.0 Å². The summed E-state index contributed by atoms with van der Waals surface area (Å²) in [5, 5.41) is 27.2. The summed E-state index contributed by atoms with van der Waals surface area (Å²) >= 11 is 1.15. The molecule has 6 heteroatoms. The summed E-state index contributed by atoms with van der Waals surface area (Å²) in [5.74, 6) is 0.486. The number of carbonyl (C=O) groups excluding carboxylic acids is 1. The van der Waals surface area contributed by atoms with Gasteiger partial charge in [-0.05, 0) is 18.1 Å².